The normalized spacial score (nSPS) is 15.1. The van der Waals surface area contributed by atoms with Crippen molar-refractivity contribution < 1.29 is 15.3 Å². The van der Waals surface area contributed by atoms with Crippen LogP contribution in [0.15, 0.2) is 18.2 Å². The van der Waals surface area contributed by atoms with Gasteiger partial charge in [-0.15, -0.1) is 0 Å². The molecule has 0 aliphatic heterocycles. The molecule has 1 aromatic rings. The minimum absolute atomic E-state index is 0.0319. The number of aromatic hydroxyl groups is 1. The molecule has 2 atom stereocenters. The molecule has 0 fully saturated rings. The monoisotopic (exact) mass is 197 g/mol. The van der Waals surface area contributed by atoms with E-state index < -0.39 is 12.2 Å². The molecular weight excluding hydrogens is 182 g/mol. The van der Waals surface area contributed by atoms with Crippen molar-refractivity contribution in [2.45, 2.75) is 19.1 Å². The van der Waals surface area contributed by atoms with Gasteiger partial charge in [-0.3, -0.25) is 0 Å². The molecule has 0 bridgehead atoms. The molecular formula is C10H15NO3. The summed E-state index contributed by atoms with van der Waals surface area (Å²) in [5, 5.41) is 28.4. The van der Waals surface area contributed by atoms with Gasteiger partial charge in [-0.1, -0.05) is 11.6 Å². The largest absolute Gasteiger partial charge is 0.508 e. The number of aliphatic hydroxyl groups is 2. The van der Waals surface area contributed by atoms with Crippen LogP contribution in [0, 0.1) is 6.92 Å². The number of phenolic OH excluding ortho intramolecular Hbond substituents is 1. The smallest absolute Gasteiger partial charge is 0.121 e. The number of rotatable bonds is 3. The lowest BCUT2D eigenvalue weighted by molar-refractivity contribution is 0.0229. The Morgan fingerprint density at radius 3 is 2.57 bits per heavy atom. The summed E-state index contributed by atoms with van der Waals surface area (Å²) in [6.45, 7) is 1.79. The lowest BCUT2D eigenvalue weighted by Gasteiger charge is -2.17. The van der Waals surface area contributed by atoms with Crippen LogP contribution >= 0.6 is 0 Å². The second-order valence-electron chi connectivity index (χ2n) is 3.31. The van der Waals surface area contributed by atoms with Crippen molar-refractivity contribution in [3.8, 4) is 5.75 Å². The van der Waals surface area contributed by atoms with E-state index in [9.17, 15) is 15.3 Å². The summed E-state index contributed by atoms with van der Waals surface area (Å²) in [5.41, 5.74) is 6.42. The van der Waals surface area contributed by atoms with E-state index >= 15 is 0 Å². The van der Waals surface area contributed by atoms with E-state index in [2.05, 4.69) is 0 Å². The Morgan fingerprint density at radius 1 is 1.36 bits per heavy atom. The van der Waals surface area contributed by atoms with Crippen LogP contribution < -0.4 is 5.73 Å². The molecule has 0 aliphatic rings. The van der Waals surface area contributed by atoms with Gasteiger partial charge in [-0.25, -0.2) is 0 Å². The molecule has 0 saturated heterocycles. The molecule has 1 rings (SSSR count). The number of aliphatic hydroxyl groups excluding tert-OH is 2. The molecule has 4 heteroatoms. The highest BCUT2D eigenvalue weighted by atomic mass is 16.3. The number of hydrogen-bond donors (Lipinski definition) is 4. The second kappa shape index (κ2) is 4.41. The first kappa shape index (κ1) is 11.0. The topological polar surface area (TPSA) is 86.7 Å². The van der Waals surface area contributed by atoms with Crippen molar-refractivity contribution in [3.63, 3.8) is 0 Å². The van der Waals surface area contributed by atoms with E-state index in [1.54, 1.807) is 12.1 Å². The Hall–Kier alpha value is -1.10. The van der Waals surface area contributed by atoms with Crippen molar-refractivity contribution >= 4 is 0 Å². The molecule has 1 aromatic carbocycles. The van der Waals surface area contributed by atoms with Crippen molar-refractivity contribution in [1.82, 2.24) is 0 Å². The first-order chi connectivity index (χ1) is 6.56. The molecule has 5 N–H and O–H groups in total. The van der Waals surface area contributed by atoms with Crippen LogP contribution in [0.2, 0.25) is 0 Å². The van der Waals surface area contributed by atoms with Crippen LogP contribution in [-0.4, -0.2) is 28.0 Å². The fourth-order valence-corrected chi connectivity index (χ4v) is 1.25. The Kier molecular flexibility index (Phi) is 3.46. The first-order valence-corrected chi connectivity index (χ1v) is 4.42. The summed E-state index contributed by atoms with van der Waals surface area (Å²) in [4.78, 5) is 0. The average molecular weight is 197 g/mol. The van der Waals surface area contributed by atoms with Crippen molar-refractivity contribution in [1.29, 1.82) is 0 Å². The van der Waals surface area contributed by atoms with Crippen molar-refractivity contribution in [2.24, 2.45) is 5.73 Å². The Balaban J connectivity index is 2.99. The van der Waals surface area contributed by atoms with Gasteiger partial charge in [0.25, 0.3) is 0 Å². The predicted octanol–water partition coefficient (Wildman–Crippen LogP) is 0.0536. The van der Waals surface area contributed by atoms with Crippen molar-refractivity contribution in [3.05, 3.63) is 29.3 Å². The van der Waals surface area contributed by atoms with E-state index in [1.165, 1.54) is 6.07 Å². The van der Waals surface area contributed by atoms with Crippen LogP contribution in [0.3, 0.4) is 0 Å². The Morgan fingerprint density at radius 2 is 2.00 bits per heavy atom. The number of hydrogen-bond acceptors (Lipinski definition) is 4. The van der Waals surface area contributed by atoms with Crippen molar-refractivity contribution in [2.75, 3.05) is 6.54 Å². The summed E-state index contributed by atoms with van der Waals surface area (Å²) >= 11 is 0. The maximum Gasteiger partial charge on any atom is 0.121 e. The number of aryl methyl sites for hydroxylation is 1. The maximum atomic E-state index is 9.60. The third-order valence-corrected chi connectivity index (χ3v) is 2.11. The quantitative estimate of drug-likeness (QED) is 0.551. The summed E-state index contributed by atoms with van der Waals surface area (Å²) in [5.74, 6) is -0.0319. The van der Waals surface area contributed by atoms with Gasteiger partial charge in [-0.2, -0.15) is 0 Å². The lowest BCUT2D eigenvalue weighted by atomic mass is 10.0. The fourth-order valence-electron chi connectivity index (χ4n) is 1.25. The lowest BCUT2D eigenvalue weighted by Crippen LogP contribution is -2.27. The van der Waals surface area contributed by atoms with Gasteiger partial charge >= 0.3 is 0 Å². The van der Waals surface area contributed by atoms with E-state index in [4.69, 9.17) is 5.73 Å². The standard InChI is InChI=1S/C10H15NO3/c1-6-2-3-8(12)7(4-6)10(14)9(13)5-11/h2-4,9-10,12-14H,5,11H2,1H3. The number of nitrogens with two attached hydrogens (primary N) is 1. The third kappa shape index (κ3) is 2.23. The highest BCUT2D eigenvalue weighted by Crippen LogP contribution is 2.26. The zero-order valence-electron chi connectivity index (χ0n) is 8.01. The van der Waals surface area contributed by atoms with Gasteiger partial charge < -0.3 is 21.1 Å². The average Bonchev–Trinajstić information content (AvgIpc) is 2.19. The molecule has 14 heavy (non-hydrogen) atoms. The highest BCUT2D eigenvalue weighted by Gasteiger charge is 2.19. The third-order valence-electron chi connectivity index (χ3n) is 2.11. The molecule has 4 nitrogen and oxygen atoms in total. The van der Waals surface area contributed by atoms with Crippen LogP contribution in [0.1, 0.15) is 17.2 Å². The van der Waals surface area contributed by atoms with Gasteiger partial charge in [0.15, 0.2) is 0 Å². The molecule has 0 radical (unpaired) electrons. The van der Waals surface area contributed by atoms with Gasteiger partial charge in [0, 0.05) is 12.1 Å². The SMILES string of the molecule is Cc1ccc(O)c(C(O)C(O)CN)c1. The maximum absolute atomic E-state index is 9.60. The molecule has 0 aliphatic carbocycles. The molecule has 78 valence electrons. The second-order valence-corrected chi connectivity index (χ2v) is 3.31. The zero-order chi connectivity index (χ0) is 10.7. The zero-order valence-corrected chi connectivity index (χ0v) is 8.01. The molecule has 2 unspecified atom stereocenters. The summed E-state index contributed by atoms with van der Waals surface area (Å²) < 4.78 is 0. The van der Waals surface area contributed by atoms with Crippen LogP contribution in [0.4, 0.5) is 0 Å². The van der Waals surface area contributed by atoms with Gasteiger partial charge in [-0.05, 0) is 19.1 Å². The van der Waals surface area contributed by atoms with E-state index in [0.717, 1.165) is 5.56 Å². The number of benzene rings is 1. The molecule has 0 aromatic heterocycles. The predicted molar refractivity (Wildman–Crippen MR) is 52.9 cm³/mol. The molecule has 0 amide bonds. The number of phenols is 1. The highest BCUT2D eigenvalue weighted by molar-refractivity contribution is 5.37. The van der Waals surface area contributed by atoms with E-state index in [1.807, 2.05) is 6.92 Å². The Bertz CT molecular complexity index is 314. The van der Waals surface area contributed by atoms with Crippen LogP contribution in [-0.2, 0) is 0 Å². The van der Waals surface area contributed by atoms with Gasteiger partial charge in [0.05, 0.1) is 6.10 Å². The van der Waals surface area contributed by atoms with Gasteiger partial charge in [0.2, 0.25) is 0 Å². The molecule has 0 saturated carbocycles. The van der Waals surface area contributed by atoms with Crippen LogP contribution in [0.5, 0.6) is 5.75 Å². The van der Waals surface area contributed by atoms with E-state index in [-0.39, 0.29) is 12.3 Å². The summed E-state index contributed by atoms with van der Waals surface area (Å²) in [6, 6.07) is 4.83. The molecule has 0 heterocycles. The summed E-state index contributed by atoms with van der Waals surface area (Å²) in [6.07, 6.45) is -2.19. The summed E-state index contributed by atoms with van der Waals surface area (Å²) in [7, 11) is 0. The fraction of sp³-hybridized carbons (Fsp3) is 0.400. The minimum Gasteiger partial charge on any atom is -0.508 e. The molecule has 0 spiro atoms. The van der Waals surface area contributed by atoms with Crippen LogP contribution in [0.25, 0.3) is 0 Å². The Labute approximate surface area is 82.6 Å². The minimum atomic E-state index is -1.14. The first-order valence-electron chi connectivity index (χ1n) is 4.42. The van der Waals surface area contributed by atoms with Gasteiger partial charge in [0.1, 0.15) is 11.9 Å². The van der Waals surface area contributed by atoms with E-state index in [0.29, 0.717) is 5.56 Å².